The van der Waals surface area contributed by atoms with Gasteiger partial charge in [-0.1, -0.05) is 59.9 Å². The standard InChI is InChI=1S/C24H28N4O2S/c1-17-9-6-7-12-20(17)26-23(30)24-28-27-22(31-24)14-8-13-21(29)25-18(2)15-16-19-10-4-3-5-11-19/h3-7,9-12,18H,8,13-16H2,1-2H3,(H,25,29)(H,26,30)/t18-/m0/s1. The fraction of sp³-hybridized carbons (Fsp3) is 0.333. The SMILES string of the molecule is Cc1ccccc1NC(=O)c1nnc(CCCC(=O)N[C@@H](C)CCc2ccccc2)s1. The number of carbonyl (C=O) groups excluding carboxylic acids is 2. The van der Waals surface area contributed by atoms with E-state index >= 15 is 0 Å². The fourth-order valence-electron chi connectivity index (χ4n) is 3.18. The molecule has 2 N–H and O–H groups in total. The van der Waals surface area contributed by atoms with Gasteiger partial charge in [0.25, 0.3) is 5.91 Å². The molecule has 3 aromatic rings. The first-order chi connectivity index (χ1) is 15.0. The Hall–Kier alpha value is -3.06. The summed E-state index contributed by atoms with van der Waals surface area (Å²) in [6, 6.07) is 18.0. The number of anilines is 1. The molecule has 0 fully saturated rings. The van der Waals surface area contributed by atoms with Crippen LogP contribution >= 0.6 is 11.3 Å². The summed E-state index contributed by atoms with van der Waals surface area (Å²) in [5.41, 5.74) is 3.04. The molecular formula is C24H28N4O2S. The fourth-order valence-corrected chi connectivity index (χ4v) is 3.96. The molecule has 1 atom stereocenters. The van der Waals surface area contributed by atoms with E-state index in [2.05, 4.69) is 33.0 Å². The molecule has 2 aromatic carbocycles. The van der Waals surface area contributed by atoms with Gasteiger partial charge in [0, 0.05) is 24.6 Å². The summed E-state index contributed by atoms with van der Waals surface area (Å²) >= 11 is 1.27. The molecule has 162 valence electrons. The average Bonchev–Trinajstić information content (AvgIpc) is 3.24. The van der Waals surface area contributed by atoms with E-state index in [0.29, 0.717) is 24.3 Å². The number of hydrogen-bond donors (Lipinski definition) is 2. The number of nitrogens with one attached hydrogen (secondary N) is 2. The van der Waals surface area contributed by atoms with E-state index < -0.39 is 0 Å². The maximum absolute atomic E-state index is 12.4. The highest BCUT2D eigenvalue weighted by molar-refractivity contribution is 7.13. The normalized spacial score (nSPS) is 11.7. The smallest absolute Gasteiger partial charge is 0.286 e. The monoisotopic (exact) mass is 436 g/mol. The van der Waals surface area contributed by atoms with Crippen molar-refractivity contribution in [3.63, 3.8) is 0 Å². The lowest BCUT2D eigenvalue weighted by molar-refractivity contribution is -0.121. The number of nitrogens with zero attached hydrogens (tertiary/aromatic N) is 2. The number of benzene rings is 2. The summed E-state index contributed by atoms with van der Waals surface area (Å²) in [5, 5.41) is 15.1. The highest BCUT2D eigenvalue weighted by atomic mass is 32.1. The van der Waals surface area contributed by atoms with Crippen molar-refractivity contribution in [1.82, 2.24) is 15.5 Å². The molecule has 1 aromatic heterocycles. The predicted octanol–water partition coefficient (Wildman–Crippen LogP) is 4.56. The van der Waals surface area contributed by atoms with Crippen LogP contribution in [0.5, 0.6) is 0 Å². The number of amides is 2. The highest BCUT2D eigenvalue weighted by Gasteiger charge is 2.14. The molecule has 31 heavy (non-hydrogen) atoms. The van der Waals surface area contributed by atoms with E-state index in [9.17, 15) is 9.59 Å². The second kappa shape index (κ2) is 11.4. The van der Waals surface area contributed by atoms with Crippen molar-refractivity contribution in [3.8, 4) is 0 Å². The van der Waals surface area contributed by atoms with Crippen molar-refractivity contribution < 1.29 is 9.59 Å². The second-order valence-corrected chi connectivity index (χ2v) is 8.68. The molecule has 0 saturated heterocycles. The van der Waals surface area contributed by atoms with Crippen molar-refractivity contribution in [1.29, 1.82) is 0 Å². The quantitative estimate of drug-likeness (QED) is 0.488. The Morgan fingerprint density at radius 2 is 1.74 bits per heavy atom. The summed E-state index contributed by atoms with van der Waals surface area (Å²) < 4.78 is 0. The van der Waals surface area contributed by atoms with Gasteiger partial charge >= 0.3 is 0 Å². The Balaban J connectivity index is 1.37. The Labute approximate surface area is 187 Å². The number of aryl methyl sites for hydroxylation is 3. The molecule has 3 rings (SSSR count). The molecule has 0 aliphatic carbocycles. The van der Waals surface area contributed by atoms with E-state index in [1.807, 2.05) is 56.3 Å². The summed E-state index contributed by atoms with van der Waals surface area (Å²) in [7, 11) is 0. The molecule has 0 spiro atoms. The van der Waals surface area contributed by atoms with E-state index in [4.69, 9.17) is 0 Å². The summed E-state index contributed by atoms with van der Waals surface area (Å²) in [6.07, 6.45) is 3.58. The van der Waals surface area contributed by atoms with Crippen molar-refractivity contribution in [3.05, 3.63) is 75.7 Å². The maximum Gasteiger partial charge on any atom is 0.286 e. The third-order valence-corrected chi connectivity index (χ3v) is 5.95. The Bertz CT molecular complexity index is 1000. The Morgan fingerprint density at radius 1 is 1.00 bits per heavy atom. The Morgan fingerprint density at radius 3 is 2.52 bits per heavy atom. The number of rotatable bonds is 10. The molecule has 0 aliphatic rings. The van der Waals surface area contributed by atoms with Crippen LogP contribution in [0.15, 0.2) is 54.6 Å². The first-order valence-electron chi connectivity index (χ1n) is 10.5. The molecule has 7 heteroatoms. The zero-order valence-electron chi connectivity index (χ0n) is 17.9. The highest BCUT2D eigenvalue weighted by Crippen LogP contribution is 2.17. The molecule has 2 amide bonds. The van der Waals surface area contributed by atoms with Crippen molar-refractivity contribution in [2.24, 2.45) is 0 Å². The van der Waals surface area contributed by atoms with Crippen molar-refractivity contribution in [2.45, 2.75) is 52.0 Å². The molecule has 1 heterocycles. The minimum Gasteiger partial charge on any atom is -0.354 e. The lowest BCUT2D eigenvalue weighted by Gasteiger charge is -2.13. The van der Waals surface area contributed by atoms with Gasteiger partial charge in [0.2, 0.25) is 10.9 Å². The van der Waals surface area contributed by atoms with Crippen LogP contribution in [0.25, 0.3) is 0 Å². The molecule has 6 nitrogen and oxygen atoms in total. The van der Waals surface area contributed by atoms with Gasteiger partial charge in [-0.3, -0.25) is 9.59 Å². The number of para-hydroxylation sites is 1. The van der Waals surface area contributed by atoms with Gasteiger partial charge < -0.3 is 10.6 Å². The van der Waals surface area contributed by atoms with Gasteiger partial charge in [-0.15, -0.1) is 10.2 Å². The zero-order chi connectivity index (χ0) is 22.1. The Kier molecular flexibility index (Phi) is 8.29. The topological polar surface area (TPSA) is 84.0 Å². The first-order valence-corrected chi connectivity index (χ1v) is 11.4. The van der Waals surface area contributed by atoms with Gasteiger partial charge in [0.15, 0.2) is 0 Å². The van der Waals surface area contributed by atoms with E-state index in [0.717, 1.165) is 29.1 Å². The van der Waals surface area contributed by atoms with Crippen molar-refractivity contribution >= 4 is 28.8 Å². The predicted molar refractivity (Wildman–Crippen MR) is 124 cm³/mol. The number of hydrogen-bond acceptors (Lipinski definition) is 5. The van der Waals surface area contributed by atoms with Crippen LogP contribution in [0, 0.1) is 6.92 Å². The maximum atomic E-state index is 12.4. The molecule has 0 aliphatic heterocycles. The third-order valence-electron chi connectivity index (χ3n) is 4.97. The first kappa shape index (κ1) is 22.6. The van der Waals surface area contributed by atoms with Crippen LogP contribution < -0.4 is 10.6 Å². The molecule has 0 unspecified atom stereocenters. The van der Waals surface area contributed by atoms with Crippen LogP contribution in [-0.2, 0) is 17.6 Å². The summed E-state index contributed by atoms with van der Waals surface area (Å²) in [6.45, 7) is 3.97. The number of carbonyl (C=O) groups is 2. The van der Waals surface area contributed by atoms with Crippen LogP contribution in [0.2, 0.25) is 0 Å². The summed E-state index contributed by atoms with van der Waals surface area (Å²) in [5.74, 6) is -0.217. The van der Waals surface area contributed by atoms with Gasteiger partial charge in [-0.05, 0) is 50.3 Å². The number of aromatic nitrogens is 2. The minimum atomic E-state index is -0.261. The van der Waals surface area contributed by atoms with Crippen LogP contribution in [0.4, 0.5) is 5.69 Å². The van der Waals surface area contributed by atoms with Gasteiger partial charge in [0.05, 0.1) is 0 Å². The van der Waals surface area contributed by atoms with Crippen LogP contribution in [-0.4, -0.2) is 28.1 Å². The van der Waals surface area contributed by atoms with E-state index in [-0.39, 0.29) is 17.9 Å². The molecular weight excluding hydrogens is 408 g/mol. The lowest BCUT2D eigenvalue weighted by atomic mass is 10.1. The van der Waals surface area contributed by atoms with Gasteiger partial charge in [-0.25, -0.2) is 0 Å². The molecule has 0 bridgehead atoms. The summed E-state index contributed by atoms with van der Waals surface area (Å²) in [4.78, 5) is 24.6. The van der Waals surface area contributed by atoms with Gasteiger partial charge in [0.1, 0.15) is 5.01 Å². The lowest BCUT2D eigenvalue weighted by Crippen LogP contribution is -2.32. The van der Waals surface area contributed by atoms with E-state index in [1.165, 1.54) is 16.9 Å². The minimum absolute atomic E-state index is 0.0441. The van der Waals surface area contributed by atoms with E-state index in [1.54, 1.807) is 0 Å². The molecule has 0 saturated carbocycles. The van der Waals surface area contributed by atoms with Crippen LogP contribution in [0.1, 0.15) is 52.1 Å². The van der Waals surface area contributed by atoms with Crippen molar-refractivity contribution in [2.75, 3.05) is 5.32 Å². The van der Waals surface area contributed by atoms with Crippen LogP contribution in [0.3, 0.4) is 0 Å². The third kappa shape index (κ3) is 7.29. The zero-order valence-corrected chi connectivity index (χ0v) is 18.7. The van der Waals surface area contributed by atoms with Gasteiger partial charge in [-0.2, -0.15) is 0 Å². The molecule has 0 radical (unpaired) electrons. The largest absolute Gasteiger partial charge is 0.354 e. The average molecular weight is 437 g/mol. The second-order valence-electron chi connectivity index (χ2n) is 7.62.